The van der Waals surface area contributed by atoms with Gasteiger partial charge < -0.3 is 4.43 Å². The molecule has 1 nitrogen and oxygen atoms in total. The van der Waals surface area contributed by atoms with Crippen LogP contribution in [0.1, 0.15) is 47.1 Å². The molecule has 2 heteroatoms. The van der Waals surface area contributed by atoms with Crippen molar-refractivity contribution in [3.05, 3.63) is 35.9 Å². The first-order valence-corrected chi connectivity index (χ1v) is 7.73. The van der Waals surface area contributed by atoms with Crippen molar-refractivity contribution >= 4 is 10.5 Å². The second kappa shape index (κ2) is 5.58. The largest absolute Gasteiger partial charge is 0.422 e. The summed E-state index contributed by atoms with van der Waals surface area (Å²) in [6.45, 7) is 13.7. The smallest absolute Gasteiger partial charge is 0.146 e. The van der Waals surface area contributed by atoms with Crippen molar-refractivity contribution in [3.63, 3.8) is 0 Å². The zero-order valence-electron chi connectivity index (χ0n) is 12.9. The van der Waals surface area contributed by atoms with Gasteiger partial charge in [-0.15, -0.1) is 0 Å². The highest BCUT2D eigenvalue weighted by molar-refractivity contribution is 5.98. The summed E-state index contributed by atoms with van der Waals surface area (Å²) in [7, 11) is 0.771. The minimum Gasteiger partial charge on any atom is -0.422 e. The number of hydrogen-bond donors (Lipinski definition) is 0. The molecule has 0 fully saturated rings. The molecule has 0 spiro atoms. The van der Waals surface area contributed by atoms with E-state index in [4.69, 9.17) is 4.43 Å². The first kappa shape index (κ1) is 15.5. The third kappa shape index (κ3) is 2.28. The van der Waals surface area contributed by atoms with E-state index in [1.54, 1.807) is 0 Å². The van der Waals surface area contributed by atoms with Crippen LogP contribution in [-0.4, -0.2) is 16.1 Å². The van der Waals surface area contributed by atoms with Gasteiger partial charge in [0.2, 0.25) is 0 Å². The predicted octanol–water partition coefficient (Wildman–Crippen LogP) is 3.31. The molecule has 0 N–H and O–H groups in total. The summed E-state index contributed by atoms with van der Waals surface area (Å²) < 4.78 is 6.02. The quantitative estimate of drug-likeness (QED) is 0.741. The van der Waals surface area contributed by atoms with Gasteiger partial charge in [-0.05, 0) is 31.2 Å². The summed E-state index contributed by atoms with van der Waals surface area (Å²) in [6, 6.07) is 10.9. The van der Waals surface area contributed by atoms with Gasteiger partial charge in [0.05, 0.1) is 5.60 Å². The molecule has 0 unspecified atom stereocenters. The van der Waals surface area contributed by atoms with Crippen molar-refractivity contribution in [2.75, 3.05) is 0 Å². The first-order chi connectivity index (χ1) is 8.30. The summed E-state index contributed by atoms with van der Waals surface area (Å²) in [5.74, 6) is 1.06. The van der Waals surface area contributed by atoms with Gasteiger partial charge in [-0.2, -0.15) is 0 Å². The Balaban J connectivity index is 3.51. The van der Waals surface area contributed by atoms with E-state index in [1.165, 1.54) is 5.56 Å². The molecule has 0 heterocycles. The SMILES string of the molecule is CC(C)C(c1ccccc1)(C(C)C)C(C)(C)O[SiH3]. The lowest BCUT2D eigenvalue weighted by Gasteiger charge is -2.53. The van der Waals surface area contributed by atoms with Gasteiger partial charge >= 0.3 is 0 Å². The predicted molar refractivity (Wildman–Crippen MR) is 82.9 cm³/mol. The maximum absolute atomic E-state index is 6.02. The van der Waals surface area contributed by atoms with E-state index in [1.807, 2.05) is 0 Å². The van der Waals surface area contributed by atoms with E-state index >= 15 is 0 Å². The van der Waals surface area contributed by atoms with Crippen molar-refractivity contribution in [2.45, 2.75) is 52.6 Å². The molecule has 0 radical (unpaired) electrons. The Morgan fingerprint density at radius 1 is 0.944 bits per heavy atom. The van der Waals surface area contributed by atoms with Crippen molar-refractivity contribution in [1.82, 2.24) is 0 Å². The zero-order chi connectivity index (χ0) is 14.0. The third-order valence-corrected chi connectivity index (χ3v) is 5.60. The molecule has 0 bridgehead atoms. The van der Waals surface area contributed by atoms with Gasteiger partial charge in [0.25, 0.3) is 0 Å². The molecule has 0 atom stereocenters. The monoisotopic (exact) mass is 264 g/mol. The second-order valence-electron chi connectivity index (χ2n) is 6.26. The van der Waals surface area contributed by atoms with Crippen LogP contribution in [0.25, 0.3) is 0 Å². The van der Waals surface area contributed by atoms with E-state index in [-0.39, 0.29) is 11.0 Å². The topological polar surface area (TPSA) is 9.23 Å². The van der Waals surface area contributed by atoms with Crippen LogP contribution in [0, 0.1) is 11.8 Å². The van der Waals surface area contributed by atoms with Crippen LogP contribution in [-0.2, 0) is 9.84 Å². The van der Waals surface area contributed by atoms with Crippen LogP contribution >= 0.6 is 0 Å². The highest BCUT2D eigenvalue weighted by atomic mass is 28.2. The van der Waals surface area contributed by atoms with E-state index in [0.717, 1.165) is 10.5 Å². The maximum Gasteiger partial charge on any atom is 0.146 e. The molecule has 0 amide bonds. The lowest BCUT2D eigenvalue weighted by atomic mass is 9.56. The fraction of sp³-hybridized carbons (Fsp3) is 0.625. The number of rotatable bonds is 5. The molecule has 0 saturated heterocycles. The molecular weight excluding hydrogens is 236 g/mol. The Morgan fingerprint density at radius 2 is 1.39 bits per heavy atom. The van der Waals surface area contributed by atoms with Gasteiger partial charge in [-0.1, -0.05) is 58.0 Å². The van der Waals surface area contributed by atoms with Gasteiger partial charge in [0, 0.05) is 5.41 Å². The molecular formula is C16H28OSi. The van der Waals surface area contributed by atoms with Crippen LogP contribution in [0.3, 0.4) is 0 Å². The zero-order valence-corrected chi connectivity index (χ0v) is 14.9. The summed E-state index contributed by atoms with van der Waals surface area (Å²) in [5.41, 5.74) is 1.31. The number of benzene rings is 1. The van der Waals surface area contributed by atoms with Crippen LogP contribution in [0.2, 0.25) is 0 Å². The van der Waals surface area contributed by atoms with Crippen LogP contribution < -0.4 is 0 Å². The molecule has 1 aromatic rings. The van der Waals surface area contributed by atoms with E-state index < -0.39 is 0 Å². The van der Waals surface area contributed by atoms with E-state index in [0.29, 0.717) is 11.8 Å². The van der Waals surface area contributed by atoms with Crippen molar-refractivity contribution in [2.24, 2.45) is 11.8 Å². The maximum atomic E-state index is 6.02. The average molecular weight is 264 g/mol. The molecule has 0 aromatic heterocycles. The molecule has 0 aliphatic heterocycles. The standard InChI is InChI=1S/C16H28OSi/c1-12(2)16(13(3)4,15(5,6)17-18)14-10-8-7-9-11-14/h7-13H,1-6,18H3. The molecule has 1 rings (SSSR count). The van der Waals surface area contributed by atoms with Crippen LogP contribution in [0.4, 0.5) is 0 Å². The summed E-state index contributed by atoms with van der Waals surface area (Å²) in [6.07, 6.45) is 0. The first-order valence-electron chi connectivity index (χ1n) is 6.91. The van der Waals surface area contributed by atoms with Crippen LogP contribution in [0.5, 0.6) is 0 Å². The van der Waals surface area contributed by atoms with Crippen molar-refractivity contribution in [1.29, 1.82) is 0 Å². The Morgan fingerprint density at radius 3 is 1.72 bits per heavy atom. The average Bonchev–Trinajstić information content (AvgIpc) is 2.29. The normalized spacial score (nSPS) is 13.6. The Kier molecular flexibility index (Phi) is 4.79. The van der Waals surface area contributed by atoms with Crippen molar-refractivity contribution < 1.29 is 4.43 Å². The lowest BCUT2D eigenvalue weighted by molar-refractivity contribution is -0.0302. The van der Waals surface area contributed by atoms with Gasteiger partial charge in [-0.3, -0.25) is 0 Å². The summed E-state index contributed by atoms with van der Waals surface area (Å²) in [5, 5.41) is 0. The highest BCUT2D eigenvalue weighted by Gasteiger charge is 2.50. The molecule has 18 heavy (non-hydrogen) atoms. The number of hydrogen-bond acceptors (Lipinski definition) is 1. The molecule has 0 saturated carbocycles. The van der Waals surface area contributed by atoms with E-state index in [9.17, 15) is 0 Å². The fourth-order valence-electron chi connectivity index (χ4n) is 3.95. The van der Waals surface area contributed by atoms with Crippen molar-refractivity contribution in [3.8, 4) is 0 Å². The Labute approximate surface area is 115 Å². The van der Waals surface area contributed by atoms with Gasteiger partial charge in [0.15, 0.2) is 0 Å². The van der Waals surface area contributed by atoms with E-state index in [2.05, 4.69) is 71.9 Å². The second-order valence-corrected chi connectivity index (χ2v) is 6.67. The third-order valence-electron chi connectivity index (χ3n) is 4.58. The molecule has 1 aromatic carbocycles. The van der Waals surface area contributed by atoms with Gasteiger partial charge in [-0.25, -0.2) is 0 Å². The minimum absolute atomic E-state index is 0.0516. The lowest BCUT2D eigenvalue weighted by Crippen LogP contribution is -2.56. The Hall–Kier alpha value is -0.603. The summed E-state index contributed by atoms with van der Waals surface area (Å²) in [4.78, 5) is 0. The van der Waals surface area contributed by atoms with Gasteiger partial charge in [0.1, 0.15) is 10.5 Å². The fourth-order valence-corrected chi connectivity index (χ4v) is 4.29. The molecule has 0 aliphatic carbocycles. The molecule has 102 valence electrons. The molecule has 0 aliphatic rings. The summed E-state index contributed by atoms with van der Waals surface area (Å²) >= 11 is 0. The minimum atomic E-state index is -0.136. The van der Waals surface area contributed by atoms with Crippen LogP contribution in [0.15, 0.2) is 30.3 Å². The highest BCUT2D eigenvalue weighted by Crippen LogP contribution is 2.48. The Bertz CT molecular complexity index is 360.